The van der Waals surface area contributed by atoms with Crippen molar-refractivity contribution in [2.24, 2.45) is 5.41 Å². The molecule has 12 heavy (non-hydrogen) atoms. The van der Waals surface area contributed by atoms with Crippen LogP contribution >= 0.6 is 0 Å². The Bertz CT molecular complexity index is 187. The fraction of sp³-hybridized carbons (Fsp3) is 0.750. The molecule has 0 unspecified atom stereocenters. The molecule has 4 nitrogen and oxygen atoms in total. The minimum atomic E-state index is -1.60. The molecule has 0 heterocycles. The Kier molecular flexibility index (Phi) is 2.35. The normalized spacial score (nSPS) is 21.7. The van der Waals surface area contributed by atoms with Crippen LogP contribution in [0.1, 0.15) is 32.1 Å². The van der Waals surface area contributed by atoms with Crippen molar-refractivity contribution in [3.63, 3.8) is 0 Å². The Balaban J connectivity index is 2.84. The Labute approximate surface area is 70.2 Å². The predicted octanol–water partition coefficient (Wildman–Crippen LogP) is -0.229. The van der Waals surface area contributed by atoms with E-state index in [0.29, 0.717) is 12.8 Å². The van der Waals surface area contributed by atoms with Crippen LogP contribution in [0.4, 0.5) is 0 Å². The molecule has 0 aromatic carbocycles. The number of hydrogen-bond acceptors (Lipinski definition) is 3. The van der Waals surface area contributed by atoms with Gasteiger partial charge in [-0.2, -0.15) is 0 Å². The number of aliphatic carboxylic acids is 2. The number of rotatable bonds is 2. The summed E-state index contributed by atoms with van der Waals surface area (Å²) >= 11 is 0. The zero-order valence-electron chi connectivity index (χ0n) is 6.71. The first-order valence-electron chi connectivity index (χ1n) is 4.04. The molecule has 0 aromatic rings. The summed E-state index contributed by atoms with van der Waals surface area (Å²) in [6.07, 6.45) is 2.68. The van der Waals surface area contributed by atoms with Gasteiger partial charge in [-0.15, -0.1) is 0 Å². The fourth-order valence-electron chi connectivity index (χ4n) is 1.66. The third-order valence-corrected chi connectivity index (χ3v) is 2.51. The van der Waals surface area contributed by atoms with Crippen molar-refractivity contribution in [2.45, 2.75) is 32.1 Å². The Hall–Kier alpha value is -1.06. The third-order valence-electron chi connectivity index (χ3n) is 2.51. The molecule has 1 aliphatic rings. The molecule has 1 aliphatic carbocycles. The van der Waals surface area contributed by atoms with Crippen molar-refractivity contribution < 1.29 is 19.8 Å². The lowest BCUT2D eigenvalue weighted by molar-refractivity contribution is -0.319. The van der Waals surface area contributed by atoms with Crippen LogP contribution in [-0.4, -0.2) is 17.0 Å². The summed E-state index contributed by atoms with van der Waals surface area (Å²) in [6, 6.07) is 0. The molecule has 68 valence electrons. The molecule has 1 saturated carbocycles. The standard InChI is InChI=1S/C8H12O4/c9-6(10)8(7(11)12)4-2-1-3-5-8/h1-5H2,(H,9,10)(H,11,12)/p-1. The topological polar surface area (TPSA) is 77.4 Å². The van der Waals surface area contributed by atoms with E-state index in [1.807, 2.05) is 0 Å². The van der Waals surface area contributed by atoms with Gasteiger partial charge in [0, 0.05) is 0 Å². The summed E-state index contributed by atoms with van der Waals surface area (Å²) in [5.41, 5.74) is -1.60. The van der Waals surface area contributed by atoms with E-state index in [0.717, 1.165) is 6.42 Å². The van der Waals surface area contributed by atoms with E-state index in [9.17, 15) is 14.7 Å². The molecule has 1 rings (SSSR count). The molecule has 0 aliphatic heterocycles. The van der Waals surface area contributed by atoms with Gasteiger partial charge in [-0.05, 0) is 12.8 Å². The maximum absolute atomic E-state index is 10.7. The molecule has 0 bridgehead atoms. The van der Waals surface area contributed by atoms with Crippen molar-refractivity contribution in [1.82, 2.24) is 0 Å². The minimum Gasteiger partial charge on any atom is -0.549 e. The van der Waals surface area contributed by atoms with Crippen molar-refractivity contribution in [3.05, 3.63) is 0 Å². The van der Waals surface area contributed by atoms with Crippen molar-refractivity contribution in [2.75, 3.05) is 0 Å². The second-order valence-corrected chi connectivity index (χ2v) is 3.24. The molecular weight excluding hydrogens is 160 g/mol. The van der Waals surface area contributed by atoms with Crippen molar-refractivity contribution in [3.8, 4) is 0 Å². The van der Waals surface area contributed by atoms with E-state index >= 15 is 0 Å². The number of hydrogen-bond donors (Lipinski definition) is 1. The summed E-state index contributed by atoms with van der Waals surface area (Å²) in [4.78, 5) is 21.3. The Morgan fingerprint density at radius 2 is 1.67 bits per heavy atom. The lowest BCUT2D eigenvalue weighted by Crippen LogP contribution is -2.49. The summed E-state index contributed by atoms with van der Waals surface area (Å²) in [5, 5.41) is 19.4. The number of carboxylic acids is 2. The van der Waals surface area contributed by atoms with Crippen LogP contribution in [0.5, 0.6) is 0 Å². The van der Waals surface area contributed by atoms with E-state index in [-0.39, 0.29) is 12.8 Å². The zero-order valence-corrected chi connectivity index (χ0v) is 6.71. The number of carbonyl (C=O) groups is 2. The maximum Gasteiger partial charge on any atom is 0.315 e. The first kappa shape index (κ1) is 9.03. The summed E-state index contributed by atoms with van der Waals surface area (Å²) < 4.78 is 0. The van der Waals surface area contributed by atoms with Crippen LogP contribution in [0.3, 0.4) is 0 Å². The summed E-state index contributed by atoms with van der Waals surface area (Å²) in [5.74, 6) is -2.68. The van der Waals surface area contributed by atoms with Gasteiger partial charge in [0.05, 0.1) is 5.97 Å². The fourth-order valence-corrected chi connectivity index (χ4v) is 1.66. The molecular formula is C8H11O4-. The second kappa shape index (κ2) is 3.13. The molecule has 0 radical (unpaired) electrons. The van der Waals surface area contributed by atoms with Gasteiger partial charge in [0.15, 0.2) is 0 Å². The number of carboxylic acid groups (broad SMARTS) is 2. The average molecular weight is 171 g/mol. The van der Waals surface area contributed by atoms with E-state index in [1.165, 1.54) is 0 Å². The quantitative estimate of drug-likeness (QED) is 0.582. The van der Waals surface area contributed by atoms with Gasteiger partial charge in [0.1, 0.15) is 5.41 Å². The van der Waals surface area contributed by atoms with Crippen LogP contribution in [0.2, 0.25) is 0 Å². The summed E-state index contributed by atoms with van der Waals surface area (Å²) in [7, 11) is 0. The van der Waals surface area contributed by atoms with Gasteiger partial charge in [-0.1, -0.05) is 19.3 Å². The molecule has 0 amide bonds. The van der Waals surface area contributed by atoms with Gasteiger partial charge in [-0.3, -0.25) is 4.79 Å². The lowest BCUT2D eigenvalue weighted by atomic mass is 9.74. The highest BCUT2D eigenvalue weighted by Crippen LogP contribution is 2.35. The van der Waals surface area contributed by atoms with Crippen LogP contribution in [0.25, 0.3) is 0 Å². The SMILES string of the molecule is O=C([O-])C1(C(=O)O)CCCCC1. The highest BCUT2D eigenvalue weighted by molar-refractivity contribution is 5.97. The van der Waals surface area contributed by atoms with Gasteiger partial charge in [-0.25, -0.2) is 0 Å². The largest absolute Gasteiger partial charge is 0.549 e. The first-order valence-corrected chi connectivity index (χ1v) is 4.04. The molecule has 1 fully saturated rings. The smallest absolute Gasteiger partial charge is 0.315 e. The van der Waals surface area contributed by atoms with Gasteiger partial charge in [0.25, 0.3) is 0 Å². The van der Waals surface area contributed by atoms with E-state index in [4.69, 9.17) is 5.11 Å². The van der Waals surface area contributed by atoms with Crippen LogP contribution in [0.15, 0.2) is 0 Å². The lowest BCUT2D eigenvalue weighted by Gasteiger charge is -2.33. The monoisotopic (exact) mass is 171 g/mol. The van der Waals surface area contributed by atoms with Crippen molar-refractivity contribution >= 4 is 11.9 Å². The third kappa shape index (κ3) is 1.29. The molecule has 0 atom stereocenters. The maximum atomic E-state index is 10.7. The predicted molar refractivity (Wildman–Crippen MR) is 38.2 cm³/mol. The second-order valence-electron chi connectivity index (χ2n) is 3.24. The van der Waals surface area contributed by atoms with Crippen molar-refractivity contribution in [1.29, 1.82) is 0 Å². The average Bonchev–Trinajstić information content (AvgIpc) is 2.05. The molecule has 0 aromatic heterocycles. The van der Waals surface area contributed by atoms with E-state index < -0.39 is 17.4 Å². The highest BCUT2D eigenvalue weighted by Gasteiger charge is 2.40. The Morgan fingerprint density at radius 1 is 1.17 bits per heavy atom. The molecule has 1 N–H and O–H groups in total. The molecule has 0 saturated heterocycles. The van der Waals surface area contributed by atoms with E-state index in [2.05, 4.69) is 0 Å². The zero-order chi connectivity index (χ0) is 9.19. The highest BCUT2D eigenvalue weighted by atomic mass is 16.4. The molecule has 4 heteroatoms. The van der Waals surface area contributed by atoms with Crippen LogP contribution in [-0.2, 0) is 9.59 Å². The van der Waals surface area contributed by atoms with Crippen LogP contribution < -0.4 is 5.11 Å². The Morgan fingerprint density at radius 3 is 1.92 bits per heavy atom. The summed E-state index contributed by atoms with van der Waals surface area (Å²) in [6.45, 7) is 0. The molecule has 0 spiro atoms. The first-order chi connectivity index (χ1) is 5.59. The van der Waals surface area contributed by atoms with Gasteiger partial charge in [0.2, 0.25) is 0 Å². The number of carbonyl (C=O) groups excluding carboxylic acids is 1. The van der Waals surface area contributed by atoms with Crippen LogP contribution in [0, 0.1) is 5.41 Å². The van der Waals surface area contributed by atoms with Gasteiger partial charge < -0.3 is 15.0 Å². The van der Waals surface area contributed by atoms with E-state index in [1.54, 1.807) is 0 Å². The minimum absolute atomic E-state index is 0.213. The van der Waals surface area contributed by atoms with Gasteiger partial charge >= 0.3 is 5.97 Å².